The van der Waals surface area contributed by atoms with E-state index in [4.69, 9.17) is 26.3 Å². The van der Waals surface area contributed by atoms with E-state index < -0.39 is 11.9 Å². The molecule has 3 N–H and O–H groups in total. The molecule has 4 aliphatic rings. The molecule has 3 aromatic rings. The number of carbonyl (C=O) groups is 1. The quantitative estimate of drug-likeness (QED) is 0.500. The van der Waals surface area contributed by atoms with Crippen molar-refractivity contribution in [3.63, 3.8) is 0 Å². The van der Waals surface area contributed by atoms with Gasteiger partial charge in [0.2, 0.25) is 0 Å². The van der Waals surface area contributed by atoms with E-state index in [0.29, 0.717) is 52.7 Å². The Morgan fingerprint density at radius 3 is 2.68 bits per heavy atom. The minimum atomic E-state index is -0.726. The molecule has 0 amide bonds. The second-order valence-corrected chi connectivity index (χ2v) is 9.72. The van der Waals surface area contributed by atoms with Crippen LogP contribution in [0.1, 0.15) is 25.7 Å². The lowest BCUT2D eigenvalue weighted by molar-refractivity contribution is -0.148. The van der Waals surface area contributed by atoms with E-state index in [1.54, 1.807) is 6.20 Å². The van der Waals surface area contributed by atoms with Gasteiger partial charge in [0.1, 0.15) is 22.3 Å². The monoisotopic (exact) mass is 483 g/mol. The number of fused-ring (bicyclic) bond motifs is 4. The number of aliphatic carboxylic acids is 1. The van der Waals surface area contributed by atoms with Crippen LogP contribution in [0.3, 0.4) is 0 Å². The van der Waals surface area contributed by atoms with Crippen LogP contribution >= 0.6 is 11.6 Å². The normalized spacial score (nSPS) is 26.7. The Bertz CT molecular complexity index is 1220. The van der Waals surface area contributed by atoms with Crippen LogP contribution in [0.15, 0.2) is 18.5 Å². The first kappa shape index (κ1) is 21.5. The van der Waals surface area contributed by atoms with E-state index in [1.807, 2.05) is 6.07 Å². The fraction of sp³-hybridized carbons (Fsp3) is 0.522. The molecule has 0 aromatic carbocycles. The van der Waals surface area contributed by atoms with Crippen molar-refractivity contribution in [3.8, 4) is 11.4 Å². The maximum absolute atomic E-state index is 12.2. The average molecular weight is 484 g/mol. The van der Waals surface area contributed by atoms with Crippen molar-refractivity contribution in [2.45, 2.75) is 31.7 Å². The Morgan fingerprint density at radius 1 is 1.15 bits per heavy atom. The molecule has 2 bridgehead atoms. The number of hydrogen-bond donors (Lipinski definition) is 3. The molecule has 11 heteroatoms. The lowest BCUT2D eigenvalue weighted by atomic mass is 9.61. The largest absolute Gasteiger partial charge is 0.481 e. The zero-order chi connectivity index (χ0) is 23.2. The van der Waals surface area contributed by atoms with Crippen molar-refractivity contribution in [3.05, 3.63) is 23.6 Å². The van der Waals surface area contributed by atoms with E-state index in [2.05, 4.69) is 25.2 Å². The Hall–Kier alpha value is -2.98. The molecule has 4 fully saturated rings. The summed E-state index contributed by atoms with van der Waals surface area (Å²) < 4.78 is 5.52. The molecule has 3 saturated carbocycles. The van der Waals surface area contributed by atoms with Gasteiger partial charge in [0.05, 0.1) is 30.9 Å². The number of nitrogens with zero attached hydrogens (tertiary/aromatic N) is 5. The number of carboxylic acids is 1. The van der Waals surface area contributed by atoms with Crippen LogP contribution in [0.25, 0.3) is 22.6 Å². The minimum Gasteiger partial charge on any atom is -0.481 e. The summed E-state index contributed by atoms with van der Waals surface area (Å²) in [6.45, 7) is 2.70. The maximum atomic E-state index is 12.2. The van der Waals surface area contributed by atoms with Crippen molar-refractivity contribution in [1.82, 2.24) is 24.9 Å². The number of halogens is 1. The summed E-state index contributed by atoms with van der Waals surface area (Å²) >= 11 is 6.11. The minimum absolute atomic E-state index is 0.150. The van der Waals surface area contributed by atoms with Crippen molar-refractivity contribution < 1.29 is 14.6 Å². The number of hydrogen-bond acceptors (Lipinski definition) is 8. The lowest BCUT2D eigenvalue weighted by Gasteiger charge is -2.47. The van der Waals surface area contributed by atoms with Crippen molar-refractivity contribution in [2.24, 2.45) is 17.8 Å². The molecule has 1 aliphatic heterocycles. The molecule has 0 radical (unpaired) electrons. The van der Waals surface area contributed by atoms with E-state index in [-0.39, 0.29) is 12.0 Å². The average Bonchev–Trinajstić information content (AvgIpc) is 3.28. The molecule has 3 aliphatic carbocycles. The third kappa shape index (κ3) is 3.84. The highest BCUT2D eigenvalue weighted by atomic mass is 35.5. The summed E-state index contributed by atoms with van der Waals surface area (Å²) in [5, 5.41) is 13.8. The van der Waals surface area contributed by atoms with Crippen molar-refractivity contribution >= 4 is 40.4 Å². The fourth-order valence-electron chi connectivity index (χ4n) is 5.81. The molecule has 2 atom stereocenters. The summed E-state index contributed by atoms with van der Waals surface area (Å²) in [5.41, 5.74) is 1.89. The number of H-pyrrole nitrogens is 1. The van der Waals surface area contributed by atoms with Crippen LogP contribution in [0.4, 0.5) is 11.6 Å². The maximum Gasteiger partial charge on any atom is 0.308 e. The predicted molar refractivity (Wildman–Crippen MR) is 127 cm³/mol. The molecule has 10 nitrogen and oxygen atoms in total. The highest BCUT2D eigenvalue weighted by Gasteiger charge is 2.47. The van der Waals surface area contributed by atoms with Gasteiger partial charge in [0.25, 0.3) is 0 Å². The van der Waals surface area contributed by atoms with Gasteiger partial charge in [-0.25, -0.2) is 19.9 Å². The van der Waals surface area contributed by atoms with Gasteiger partial charge in [-0.3, -0.25) is 4.79 Å². The molecule has 178 valence electrons. The van der Waals surface area contributed by atoms with Gasteiger partial charge in [-0.1, -0.05) is 11.6 Å². The Balaban J connectivity index is 1.41. The molecule has 7 rings (SSSR count). The summed E-state index contributed by atoms with van der Waals surface area (Å²) in [7, 11) is 0. The topological polar surface area (TPSA) is 129 Å². The fourth-order valence-corrected chi connectivity index (χ4v) is 5.94. The van der Waals surface area contributed by atoms with E-state index in [0.717, 1.165) is 44.6 Å². The Kier molecular flexibility index (Phi) is 5.49. The third-order valence-corrected chi connectivity index (χ3v) is 7.64. The van der Waals surface area contributed by atoms with Crippen LogP contribution in [-0.4, -0.2) is 68.3 Å². The first-order valence-corrected chi connectivity index (χ1v) is 12.2. The van der Waals surface area contributed by atoms with Gasteiger partial charge in [0.15, 0.2) is 11.5 Å². The molecule has 1 unspecified atom stereocenters. The molecule has 1 saturated heterocycles. The molecule has 3 aromatic heterocycles. The molecule has 34 heavy (non-hydrogen) atoms. The summed E-state index contributed by atoms with van der Waals surface area (Å²) in [4.78, 5) is 35.8. The first-order valence-electron chi connectivity index (χ1n) is 11.8. The summed E-state index contributed by atoms with van der Waals surface area (Å²) in [6, 6.07) is 1.77. The number of ether oxygens (including phenoxy) is 1. The second kappa shape index (κ2) is 8.66. The van der Waals surface area contributed by atoms with Crippen LogP contribution in [0, 0.1) is 17.8 Å². The van der Waals surface area contributed by atoms with Gasteiger partial charge >= 0.3 is 5.97 Å². The summed E-state index contributed by atoms with van der Waals surface area (Å²) in [6.07, 6.45) is 7.36. The number of nitrogens with one attached hydrogen (secondary N) is 2. The van der Waals surface area contributed by atoms with Crippen LogP contribution in [0.2, 0.25) is 5.15 Å². The van der Waals surface area contributed by atoms with Crippen LogP contribution < -0.4 is 10.2 Å². The number of aromatic amines is 1. The van der Waals surface area contributed by atoms with E-state index in [1.165, 1.54) is 6.20 Å². The zero-order valence-electron chi connectivity index (χ0n) is 18.6. The third-order valence-electron chi connectivity index (χ3n) is 7.46. The smallest absolute Gasteiger partial charge is 0.308 e. The van der Waals surface area contributed by atoms with Gasteiger partial charge in [-0.05, 0) is 37.5 Å². The molecule has 4 heterocycles. The Labute approximate surface area is 201 Å². The highest BCUT2D eigenvalue weighted by Crippen LogP contribution is 2.46. The number of aromatic nitrogens is 5. The van der Waals surface area contributed by atoms with Gasteiger partial charge < -0.3 is 25.0 Å². The Morgan fingerprint density at radius 2 is 1.91 bits per heavy atom. The number of rotatable bonds is 5. The summed E-state index contributed by atoms with van der Waals surface area (Å²) in [5.74, 6) is 1.29. The first-order chi connectivity index (χ1) is 16.6. The number of carboxylic acid groups (broad SMARTS) is 1. The van der Waals surface area contributed by atoms with Crippen molar-refractivity contribution in [2.75, 3.05) is 36.5 Å². The second-order valence-electron chi connectivity index (χ2n) is 9.34. The number of morpholine rings is 1. The van der Waals surface area contributed by atoms with E-state index >= 15 is 0 Å². The molecule has 0 spiro atoms. The predicted octanol–water partition coefficient (Wildman–Crippen LogP) is 3.21. The number of anilines is 2. The van der Waals surface area contributed by atoms with Gasteiger partial charge in [0, 0.05) is 31.4 Å². The molecular formula is C23H26ClN7O3. The van der Waals surface area contributed by atoms with Gasteiger partial charge in [-0.15, -0.1) is 0 Å². The molecular weight excluding hydrogens is 458 g/mol. The van der Waals surface area contributed by atoms with Crippen LogP contribution in [-0.2, 0) is 9.53 Å². The van der Waals surface area contributed by atoms with Crippen LogP contribution in [0.5, 0.6) is 0 Å². The van der Waals surface area contributed by atoms with E-state index in [9.17, 15) is 9.90 Å². The standard InChI is InChI=1S/C23H26ClN7O3/c24-15-11-26-22-20(27-15)14(10-25-22)21-29-16(9-17(30-21)31-5-7-34-8-6-31)28-19-13-3-1-12(2-4-13)18(19)23(32)33/h9-13,18-19H,1-8H2,(H,25,26)(H,32,33)(H,28,29,30)/t12?,13?,18?,19-/m0/s1. The highest BCUT2D eigenvalue weighted by molar-refractivity contribution is 6.29. The van der Waals surface area contributed by atoms with Gasteiger partial charge in [-0.2, -0.15) is 0 Å². The SMILES string of the molecule is O=C(O)C1C2CCC(CC2)[C@@H]1Nc1cc(N2CCOCC2)nc(-c2c[nH]c3ncc(Cl)nc23)n1. The zero-order valence-corrected chi connectivity index (χ0v) is 19.3. The lowest BCUT2D eigenvalue weighted by Crippen LogP contribution is -2.51. The van der Waals surface area contributed by atoms with Crippen molar-refractivity contribution in [1.29, 1.82) is 0 Å².